The highest BCUT2D eigenvalue weighted by molar-refractivity contribution is 6.37. The number of aromatic nitrogens is 2. The Hall–Kier alpha value is -1.72. The lowest BCUT2D eigenvalue weighted by Crippen LogP contribution is -2.26. The molecule has 2 rings (SSSR count). The van der Waals surface area contributed by atoms with Crippen molar-refractivity contribution in [2.45, 2.75) is 6.42 Å². The van der Waals surface area contributed by atoms with Crippen molar-refractivity contribution >= 4 is 29.1 Å². The van der Waals surface area contributed by atoms with Gasteiger partial charge in [-0.3, -0.25) is 4.79 Å². The Morgan fingerprint density at radius 3 is 2.71 bits per heavy atom. The number of halogens is 2. The first-order valence-electron chi connectivity index (χ1n) is 6.30. The number of methoxy groups -OCH3 is 1. The molecule has 0 spiro atoms. The van der Waals surface area contributed by atoms with E-state index in [2.05, 4.69) is 10.3 Å². The molecule has 7 heteroatoms. The number of benzene rings is 1. The molecule has 0 bridgehead atoms. The normalized spacial score (nSPS) is 10.5. The van der Waals surface area contributed by atoms with Gasteiger partial charge in [0.05, 0.1) is 29.2 Å². The van der Waals surface area contributed by atoms with Crippen LogP contribution in [0.2, 0.25) is 10.0 Å². The van der Waals surface area contributed by atoms with Crippen LogP contribution in [0, 0.1) is 0 Å². The Morgan fingerprint density at radius 2 is 2.10 bits per heavy atom. The van der Waals surface area contributed by atoms with Gasteiger partial charge in [-0.15, -0.1) is 0 Å². The van der Waals surface area contributed by atoms with Crippen LogP contribution in [0.3, 0.4) is 0 Å². The van der Waals surface area contributed by atoms with Crippen LogP contribution < -0.4 is 10.1 Å². The van der Waals surface area contributed by atoms with E-state index in [1.165, 1.54) is 7.11 Å². The molecule has 1 aromatic carbocycles. The molecule has 5 nitrogen and oxygen atoms in total. The number of hydrogen-bond donors (Lipinski definition) is 1. The number of nitrogens with one attached hydrogen (secondary N) is 1. The molecule has 0 saturated carbocycles. The SMILES string of the molecule is COc1c(Cl)ccc(Cl)c1C(=O)NCCc1cn(C)cn1. The summed E-state index contributed by atoms with van der Waals surface area (Å²) >= 11 is 12.1. The number of imidazole rings is 1. The molecule has 1 amide bonds. The van der Waals surface area contributed by atoms with Crippen molar-refractivity contribution in [3.63, 3.8) is 0 Å². The van der Waals surface area contributed by atoms with Crippen molar-refractivity contribution in [2.75, 3.05) is 13.7 Å². The molecular weight excluding hydrogens is 313 g/mol. The maximum absolute atomic E-state index is 12.2. The van der Waals surface area contributed by atoms with Crippen molar-refractivity contribution in [3.8, 4) is 5.75 Å². The van der Waals surface area contributed by atoms with Gasteiger partial charge < -0.3 is 14.6 Å². The number of rotatable bonds is 5. The van der Waals surface area contributed by atoms with E-state index in [1.54, 1.807) is 18.5 Å². The first-order valence-corrected chi connectivity index (χ1v) is 7.05. The zero-order chi connectivity index (χ0) is 15.4. The van der Waals surface area contributed by atoms with Crippen molar-refractivity contribution < 1.29 is 9.53 Å². The summed E-state index contributed by atoms with van der Waals surface area (Å²) in [6.45, 7) is 0.446. The van der Waals surface area contributed by atoms with E-state index in [9.17, 15) is 4.79 Å². The van der Waals surface area contributed by atoms with E-state index in [-0.39, 0.29) is 17.2 Å². The smallest absolute Gasteiger partial charge is 0.256 e. The molecule has 0 aliphatic carbocycles. The molecule has 0 aliphatic rings. The van der Waals surface area contributed by atoms with E-state index in [4.69, 9.17) is 27.9 Å². The highest BCUT2D eigenvalue weighted by Crippen LogP contribution is 2.33. The second-order valence-corrected chi connectivity index (χ2v) is 5.29. The average Bonchev–Trinajstić information content (AvgIpc) is 2.86. The predicted octanol–water partition coefficient (Wildman–Crippen LogP) is 2.71. The van der Waals surface area contributed by atoms with Gasteiger partial charge in [0.2, 0.25) is 0 Å². The van der Waals surface area contributed by atoms with Crippen LogP contribution in [0.5, 0.6) is 5.75 Å². The van der Waals surface area contributed by atoms with E-state index >= 15 is 0 Å². The van der Waals surface area contributed by atoms with Crippen LogP contribution in [0.25, 0.3) is 0 Å². The lowest BCUT2D eigenvalue weighted by atomic mass is 10.1. The van der Waals surface area contributed by atoms with Gasteiger partial charge in [-0.05, 0) is 12.1 Å². The number of carbonyl (C=O) groups excluding carboxylic acids is 1. The Balaban J connectivity index is 2.05. The van der Waals surface area contributed by atoms with Crippen molar-refractivity contribution in [2.24, 2.45) is 7.05 Å². The third kappa shape index (κ3) is 3.68. The minimum atomic E-state index is -0.324. The Kier molecular flexibility index (Phi) is 5.09. The van der Waals surface area contributed by atoms with Crippen LogP contribution in [0.15, 0.2) is 24.7 Å². The fraction of sp³-hybridized carbons (Fsp3) is 0.286. The van der Waals surface area contributed by atoms with E-state index < -0.39 is 0 Å². The van der Waals surface area contributed by atoms with E-state index in [0.29, 0.717) is 23.0 Å². The molecule has 112 valence electrons. The summed E-state index contributed by atoms with van der Waals surface area (Å²) in [6.07, 6.45) is 4.25. The Bertz CT molecular complexity index is 656. The summed E-state index contributed by atoms with van der Waals surface area (Å²) in [5.41, 5.74) is 1.15. The largest absolute Gasteiger partial charge is 0.494 e. The molecule has 0 unspecified atom stereocenters. The molecule has 0 atom stereocenters. The summed E-state index contributed by atoms with van der Waals surface area (Å²) in [7, 11) is 3.34. The molecule has 21 heavy (non-hydrogen) atoms. The molecule has 1 N–H and O–H groups in total. The minimum absolute atomic E-state index is 0.243. The van der Waals surface area contributed by atoms with Gasteiger partial charge in [0.1, 0.15) is 5.56 Å². The summed E-state index contributed by atoms with van der Waals surface area (Å²) in [6, 6.07) is 3.16. The van der Waals surface area contributed by atoms with Gasteiger partial charge in [0.25, 0.3) is 5.91 Å². The molecule has 2 aromatic rings. The van der Waals surface area contributed by atoms with Gasteiger partial charge in [-0.2, -0.15) is 0 Å². The summed E-state index contributed by atoms with van der Waals surface area (Å²) in [4.78, 5) is 16.4. The zero-order valence-corrected chi connectivity index (χ0v) is 13.2. The highest BCUT2D eigenvalue weighted by Gasteiger charge is 2.19. The number of hydrogen-bond acceptors (Lipinski definition) is 3. The van der Waals surface area contributed by atoms with Crippen LogP contribution in [-0.4, -0.2) is 29.1 Å². The first kappa shape index (κ1) is 15.7. The Labute approximate surface area is 132 Å². The minimum Gasteiger partial charge on any atom is -0.494 e. The number of nitrogens with zero attached hydrogens (tertiary/aromatic N) is 2. The van der Waals surface area contributed by atoms with Crippen LogP contribution in [0.1, 0.15) is 16.1 Å². The van der Waals surface area contributed by atoms with Crippen LogP contribution in [0.4, 0.5) is 0 Å². The third-order valence-corrected chi connectivity index (χ3v) is 3.53. The monoisotopic (exact) mass is 327 g/mol. The standard InChI is InChI=1S/C14H15Cl2N3O2/c1-19-7-9(18-8-19)5-6-17-14(20)12-10(15)3-4-11(16)13(12)21-2/h3-4,7-8H,5-6H2,1-2H3,(H,17,20). The molecule has 1 heterocycles. The van der Waals surface area contributed by atoms with E-state index in [0.717, 1.165) is 5.69 Å². The second-order valence-electron chi connectivity index (χ2n) is 4.47. The quantitative estimate of drug-likeness (QED) is 0.918. The van der Waals surface area contributed by atoms with Gasteiger partial charge in [-0.1, -0.05) is 23.2 Å². The third-order valence-electron chi connectivity index (χ3n) is 2.92. The number of carbonyl (C=O) groups is 1. The zero-order valence-electron chi connectivity index (χ0n) is 11.7. The molecule has 0 saturated heterocycles. The Morgan fingerprint density at radius 1 is 1.38 bits per heavy atom. The van der Waals surface area contributed by atoms with Crippen LogP contribution in [-0.2, 0) is 13.5 Å². The number of aryl methyl sites for hydroxylation is 1. The van der Waals surface area contributed by atoms with Gasteiger partial charge in [0, 0.05) is 26.2 Å². The van der Waals surface area contributed by atoms with Gasteiger partial charge in [-0.25, -0.2) is 4.98 Å². The molecule has 0 radical (unpaired) electrons. The second kappa shape index (κ2) is 6.83. The summed E-state index contributed by atoms with van der Waals surface area (Å²) in [5.74, 6) is -0.0465. The van der Waals surface area contributed by atoms with Gasteiger partial charge >= 0.3 is 0 Å². The lowest BCUT2D eigenvalue weighted by molar-refractivity contribution is 0.0951. The van der Waals surface area contributed by atoms with Gasteiger partial charge in [0.15, 0.2) is 5.75 Å². The van der Waals surface area contributed by atoms with Crippen molar-refractivity contribution in [1.29, 1.82) is 0 Å². The maximum atomic E-state index is 12.2. The van der Waals surface area contributed by atoms with Crippen molar-refractivity contribution in [1.82, 2.24) is 14.9 Å². The number of amides is 1. The molecule has 1 aromatic heterocycles. The fourth-order valence-corrected chi connectivity index (χ4v) is 2.40. The van der Waals surface area contributed by atoms with E-state index in [1.807, 2.05) is 17.8 Å². The fourth-order valence-electron chi connectivity index (χ4n) is 1.93. The maximum Gasteiger partial charge on any atom is 0.256 e. The predicted molar refractivity (Wildman–Crippen MR) is 82.3 cm³/mol. The molecule has 0 aliphatic heterocycles. The summed E-state index contributed by atoms with van der Waals surface area (Å²) in [5, 5.41) is 3.43. The number of ether oxygens (including phenoxy) is 1. The lowest BCUT2D eigenvalue weighted by Gasteiger charge is -2.12. The highest BCUT2D eigenvalue weighted by atomic mass is 35.5. The topological polar surface area (TPSA) is 56.1 Å². The van der Waals surface area contributed by atoms with Crippen molar-refractivity contribution in [3.05, 3.63) is 46.0 Å². The summed E-state index contributed by atoms with van der Waals surface area (Å²) < 4.78 is 7.01. The average molecular weight is 328 g/mol. The van der Waals surface area contributed by atoms with Crippen LogP contribution >= 0.6 is 23.2 Å². The first-order chi connectivity index (χ1) is 10.0. The molecular formula is C14H15Cl2N3O2. The molecule has 0 fully saturated rings.